The van der Waals surface area contributed by atoms with Crippen LogP contribution >= 0.6 is 0 Å². The van der Waals surface area contributed by atoms with Crippen LogP contribution in [-0.2, 0) is 9.53 Å². The Labute approximate surface area is 272 Å². The van der Waals surface area contributed by atoms with Crippen molar-refractivity contribution >= 4 is 17.1 Å². The second-order valence-electron chi connectivity index (χ2n) is 13.0. The minimum Gasteiger partial charge on any atom is -0.491 e. The van der Waals surface area contributed by atoms with Gasteiger partial charge in [-0.25, -0.2) is 0 Å². The summed E-state index contributed by atoms with van der Waals surface area (Å²) in [5.41, 5.74) is 4.69. The van der Waals surface area contributed by atoms with Crippen molar-refractivity contribution < 1.29 is 33.6 Å². The topological polar surface area (TPSA) is 95.5 Å². The summed E-state index contributed by atoms with van der Waals surface area (Å²) in [4.78, 5) is 12.1. The number of fused-ring (bicyclic) bond motifs is 1. The molecule has 0 amide bonds. The van der Waals surface area contributed by atoms with Crippen LogP contribution in [0.5, 0.6) is 23.0 Å². The van der Waals surface area contributed by atoms with Gasteiger partial charge in [0.25, 0.3) is 0 Å². The molecule has 1 unspecified atom stereocenters. The number of carbonyl (C=O) groups is 1. The highest BCUT2D eigenvalue weighted by molar-refractivity contribution is 5.99. The summed E-state index contributed by atoms with van der Waals surface area (Å²) < 4.78 is 28.2. The second-order valence-corrected chi connectivity index (χ2v) is 13.0. The van der Waals surface area contributed by atoms with Crippen molar-refractivity contribution in [2.75, 3.05) is 26.7 Å². The van der Waals surface area contributed by atoms with Crippen LogP contribution in [0.2, 0.25) is 0 Å². The van der Waals surface area contributed by atoms with Crippen LogP contribution in [0.1, 0.15) is 82.9 Å². The highest BCUT2D eigenvalue weighted by Crippen LogP contribution is 2.40. The van der Waals surface area contributed by atoms with Crippen LogP contribution in [0.3, 0.4) is 0 Å². The fraction of sp³-hybridized carbons (Fsp3) is 0.447. The van der Waals surface area contributed by atoms with Gasteiger partial charge >= 0.3 is 5.97 Å². The number of nitrogens with one attached hydrogen (secondary N) is 1. The summed E-state index contributed by atoms with van der Waals surface area (Å²) in [5, 5.41) is 14.0. The summed E-state index contributed by atoms with van der Waals surface area (Å²) in [6.07, 6.45) is 6.38. The Hall–Kier alpha value is -4.01. The number of benzene rings is 3. The van der Waals surface area contributed by atoms with Crippen LogP contribution < -0.4 is 24.3 Å². The molecule has 246 valence electrons. The van der Waals surface area contributed by atoms with Crippen LogP contribution in [0, 0.1) is 5.41 Å². The third-order valence-electron chi connectivity index (χ3n) is 8.38. The number of hydrogen-bond donors (Lipinski definition) is 2. The van der Waals surface area contributed by atoms with E-state index in [9.17, 15) is 9.90 Å². The number of aliphatic hydroxyl groups is 1. The van der Waals surface area contributed by atoms with Gasteiger partial charge in [0.1, 0.15) is 24.2 Å². The molecular formula is C38H47NO7. The third-order valence-corrected chi connectivity index (χ3v) is 8.38. The molecule has 0 bridgehead atoms. The zero-order chi connectivity index (χ0) is 32.5. The Morgan fingerprint density at radius 3 is 2.11 bits per heavy atom. The van der Waals surface area contributed by atoms with Gasteiger partial charge in [0, 0.05) is 12.6 Å². The number of aliphatic hydroxyl groups excluding tert-OH is 1. The lowest BCUT2D eigenvalue weighted by molar-refractivity contribution is -0.159. The van der Waals surface area contributed by atoms with E-state index in [0.29, 0.717) is 24.1 Å². The summed E-state index contributed by atoms with van der Waals surface area (Å²) in [5.74, 6) is 2.47. The maximum Gasteiger partial charge on any atom is 0.314 e. The normalized spacial score (nSPS) is 16.0. The number of carbonyl (C=O) groups excluding carboxylic acids is 1. The number of ether oxygens (including phenoxy) is 5. The molecule has 0 aromatic heterocycles. The molecule has 46 heavy (non-hydrogen) atoms. The van der Waals surface area contributed by atoms with Gasteiger partial charge in [0.05, 0.1) is 5.41 Å². The Morgan fingerprint density at radius 1 is 0.870 bits per heavy atom. The fourth-order valence-corrected chi connectivity index (χ4v) is 5.79. The highest BCUT2D eigenvalue weighted by atomic mass is 16.7. The van der Waals surface area contributed by atoms with Crippen molar-refractivity contribution in [3.05, 3.63) is 83.4 Å². The SMILES string of the molecule is CCC(=C(c1ccc(OCOC(=O)C(C)(C)C)cc1)c1ccc(OCC(O)CNC2CCCCC2)cc1)c1ccc2c(c1)OCO2. The molecule has 8 nitrogen and oxygen atoms in total. The summed E-state index contributed by atoms with van der Waals surface area (Å²) in [7, 11) is 0. The molecule has 1 aliphatic heterocycles. The first-order valence-corrected chi connectivity index (χ1v) is 16.4. The van der Waals surface area contributed by atoms with E-state index < -0.39 is 11.5 Å². The Balaban J connectivity index is 1.33. The van der Waals surface area contributed by atoms with Gasteiger partial charge in [-0.2, -0.15) is 0 Å². The lowest BCUT2D eigenvalue weighted by Crippen LogP contribution is -2.38. The molecule has 1 aliphatic carbocycles. The van der Waals surface area contributed by atoms with Crippen LogP contribution in [0.4, 0.5) is 0 Å². The molecule has 1 atom stereocenters. The van der Waals surface area contributed by atoms with Gasteiger partial charge in [-0.1, -0.05) is 56.5 Å². The van der Waals surface area contributed by atoms with E-state index in [1.54, 1.807) is 0 Å². The molecule has 0 radical (unpaired) electrons. The number of hydrogen-bond acceptors (Lipinski definition) is 8. The molecule has 1 heterocycles. The van der Waals surface area contributed by atoms with Crippen molar-refractivity contribution in [3.63, 3.8) is 0 Å². The molecule has 3 aromatic carbocycles. The minimum absolute atomic E-state index is 0.150. The molecule has 2 aliphatic rings. The zero-order valence-corrected chi connectivity index (χ0v) is 27.5. The van der Waals surface area contributed by atoms with Crippen LogP contribution in [0.15, 0.2) is 66.7 Å². The molecule has 5 rings (SSSR count). The van der Waals surface area contributed by atoms with E-state index >= 15 is 0 Å². The predicted octanol–water partition coefficient (Wildman–Crippen LogP) is 7.37. The van der Waals surface area contributed by atoms with E-state index in [-0.39, 0.29) is 26.2 Å². The van der Waals surface area contributed by atoms with E-state index in [2.05, 4.69) is 30.4 Å². The Bertz CT molecular complexity index is 1470. The first-order chi connectivity index (χ1) is 22.2. The average Bonchev–Trinajstić information content (AvgIpc) is 3.54. The first-order valence-electron chi connectivity index (χ1n) is 16.4. The average molecular weight is 630 g/mol. The predicted molar refractivity (Wildman–Crippen MR) is 179 cm³/mol. The number of rotatable bonds is 13. The monoisotopic (exact) mass is 629 g/mol. The first kappa shape index (κ1) is 33.4. The van der Waals surface area contributed by atoms with Gasteiger partial charge in [-0.15, -0.1) is 0 Å². The van der Waals surface area contributed by atoms with Gasteiger partial charge < -0.3 is 34.1 Å². The molecule has 8 heteroatoms. The molecule has 2 N–H and O–H groups in total. The maximum atomic E-state index is 12.1. The van der Waals surface area contributed by atoms with Gasteiger partial charge in [0.2, 0.25) is 13.6 Å². The van der Waals surface area contributed by atoms with Crippen LogP contribution in [-0.4, -0.2) is 50.0 Å². The van der Waals surface area contributed by atoms with E-state index in [0.717, 1.165) is 45.8 Å². The molecule has 0 saturated heterocycles. The van der Waals surface area contributed by atoms with Crippen molar-refractivity contribution in [3.8, 4) is 23.0 Å². The van der Waals surface area contributed by atoms with Crippen molar-refractivity contribution in [2.45, 2.75) is 78.4 Å². The van der Waals surface area contributed by atoms with Crippen LogP contribution in [0.25, 0.3) is 11.1 Å². The lowest BCUT2D eigenvalue weighted by Gasteiger charge is -2.24. The molecule has 0 spiro atoms. The summed E-state index contributed by atoms with van der Waals surface area (Å²) >= 11 is 0. The zero-order valence-electron chi connectivity index (χ0n) is 27.5. The second kappa shape index (κ2) is 15.5. The Kier molecular flexibility index (Phi) is 11.3. The molecule has 3 aromatic rings. The van der Waals surface area contributed by atoms with Gasteiger partial charge in [-0.05, 0) is 104 Å². The molecule has 1 fully saturated rings. The van der Waals surface area contributed by atoms with E-state index in [1.165, 1.54) is 32.1 Å². The molecular weight excluding hydrogens is 582 g/mol. The highest BCUT2D eigenvalue weighted by Gasteiger charge is 2.23. The lowest BCUT2D eigenvalue weighted by atomic mass is 9.88. The smallest absolute Gasteiger partial charge is 0.314 e. The number of allylic oxidation sites excluding steroid dienone is 1. The van der Waals surface area contributed by atoms with Gasteiger partial charge in [0.15, 0.2) is 11.5 Å². The quantitative estimate of drug-likeness (QED) is 0.115. The van der Waals surface area contributed by atoms with E-state index in [4.69, 9.17) is 23.7 Å². The summed E-state index contributed by atoms with van der Waals surface area (Å²) in [6.45, 7) is 8.39. The standard InChI is InChI=1S/C38H47NO7/c1-5-33(28-15-20-34-35(21-28)45-25-44-34)36(27-13-18-32(19-14-27)43-24-46-37(41)38(2,3)4)26-11-16-31(17-12-26)42-23-30(40)22-39-29-9-7-6-8-10-29/h11-21,29-30,39-40H,5-10,22-25H2,1-4H3. The van der Waals surface area contributed by atoms with Crippen molar-refractivity contribution in [1.82, 2.24) is 5.32 Å². The van der Waals surface area contributed by atoms with Crippen molar-refractivity contribution in [2.24, 2.45) is 5.41 Å². The largest absolute Gasteiger partial charge is 0.491 e. The maximum absolute atomic E-state index is 12.1. The number of esters is 1. The Morgan fingerprint density at radius 2 is 1.48 bits per heavy atom. The minimum atomic E-state index is -0.593. The molecule has 1 saturated carbocycles. The van der Waals surface area contributed by atoms with Gasteiger partial charge in [-0.3, -0.25) is 4.79 Å². The third kappa shape index (κ3) is 8.83. The van der Waals surface area contributed by atoms with Crippen molar-refractivity contribution in [1.29, 1.82) is 0 Å². The van der Waals surface area contributed by atoms with E-state index in [1.807, 2.05) is 69.3 Å². The fourth-order valence-electron chi connectivity index (χ4n) is 5.79. The summed E-state index contributed by atoms with van der Waals surface area (Å²) in [6, 6.07) is 22.3.